The molecule has 0 aliphatic carbocycles. The zero-order valence-corrected chi connectivity index (χ0v) is 10.3. The van der Waals surface area contributed by atoms with Crippen LogP contribution in [-0.4, -0.2) is 34.8 Å². The topological polar surface area (TPSA) is 112 Å². The summed E-state index contributed by atoms with van der Waals surface area (Å²) in [6, 6.07) is -0.147. The molecule has 0 aromatic carbocycles. The van der Waals surface area contributed by atoms with Crippen LogP contribution in [0.5, 0.6) is 0 Å². The van der Waals surface area contributed by atoms with Gasteiger partial charge in [-0.2, -0.15) is 9.90 Å². The van der Waals surface area contributed by atoms with E-state index in [0.29, 0.717) is 12.2 Å². The summed E-state index contributed by atoms with van der Waals surface area (Å²) in [5.41, 5.74) is 4.60. The quantitative estimate of drug-likeness (QED) is 0.456. The van der Waals surface area contributed by atoms with Gasteiger partial charge in [-0.15, -0.1) is 10.2 Å². The van der Waals surface area contributed by atoms with Gasteiger partial charge < -0.3 is 0 Å². The van der Waals surface area contributed by atoms with Gasteiger partial charge in [0.1, 0.15) is 0 Å². The lowest BCUT2D eigenvalue weighted by atomic mass is 10.1. The second-order valence-electron chi connectivity index (χ2n) is 4.12. The van der Waals surface area contributed by atoms with Crippen LogP contribution < -0.4 is 11.3 Å². The molecule has 1 unspecified atom stereocenters. The van der Waals surface area contributed by atoms with Crippen LogP contribution in [0.15, 0.2) is 24.8 Å². The normalized spacial score (nSPS) is 12.9. The molecule has 3 rings (SSSR count). The SMILES string of the molecule is Cn1nnc(CC(NN)c2cnn3ccncc23)n1. The first kappa shape index (κ1) is 11.7. The highest BCUT2D eigenvalue weighted by atomic mass is 15.6. The molecule has 1 atom stereocenters. The Balaban J connectivity index is 1.93. The van der Waals surface area contributed by atoms with Crippen molar-refractivity contribution in [3.05, 3.63) is 36.2 Å². The van der Waals surface area contributed by atoms with Crippen molar-refractivity contribution in [3.63, 3.8) is 0 Å². The maximum absolute atomic E-state index is 5.62. The van der Waals surface area contributed by atoms with Crippen LogP contribution in [0.2, 0.25) is 0 Å². The molecule has 19 heavy (non-hydrogen) atoms. The number of rotatable bonds is 4. The van der Waals surface area contributed by atoms with Crippen LogP contribution in [-0.2, 0) is 13.5 Å². The highest BCUT2D eigenvalue weighted by Crippen LogP contribution is 2.20. The molecule has 0 bridgehead atoms. The molecule has 0 saturated heterocycles. The van der Waals surface area contributed by atoms with Crippen molar-refractivity contribution in [2.45, 2.75) is 12.5 Å². The minimum absolute atomic E-state index is 0.147. The van der Waals surface area contributed by atoms with Crippen molar-refractivity contribution in [1.29, 1.82) is 0 Å². The van der Waals surface area contributed by atoms with Gasteiger partial charge in [-0.3, -0.25) is 16.3 Å². The zero-order valence-electron chi connectivity index (χ0n) is 10.3. The summed E-state index contributed by atoms with van der Waals surface area (Å²) < 4.78 is 1.75. The van der Waals surface area contributed by atoms with E-state index in [1.54, 1.807) is 36.4 Å². The summed E-state index contributed by atoms with van der Waals surface area (Å²) in [5, 5.41) is 16.2. The standard InChI is InChI=1S/C10H13N9/c1-18-16-10(15-17-18)4-8(14-11)7-5-13-19-3-2-12-6-9(7)19/h2-3,5-6,8,14H,4,11H2,1H3. The van der Waals surface area contributed by atoms with Crippen LogP contribution in [0.4, 0.5) is 0 Å². The molecule has 0 amide bonds. The summed E-state index contributed by atoms with van der Waals surface area (Å²) in [6.07, 6.45) is 7.50. The lowest BCUT2D eigenvalue weighted by Crippen LogP contribution is -2.29. The molecule has 0 aliphatic rings. The van der Waals surface area contributed by atoms with E-state index in [-0.39, 0.29) is 6.04 Å². The van der Waals surface area contributed by atoms with Gasteiger partial charge in [-0.05, 0) is 5.21 Å². The monoisotopic (exact) mass is 259 g/mol. The van der Waals surface area contributed by atoms with Gasteiger partial charge in [0.2, 0.25) is 0 Å². The third-order valence-electron chi connectivity index (χ3n) is 2.87. The molecule has 98 valence electrons. The predicted octanol–water partition coefficient (Wildman–Crippen LogP) is -1.00. The molecule has 0 aliphatic heterocycles. The first-order chi connectivity index (χ1) is 9.28. The Labute approximate surface area is 108 Å². The van der Waals surface area contributed by atoms with Gasteiger partial charge in [0, 0.05) is 24.4 Å². The molecule has 0 radical (unpaired) electrons. The summed E-state index contributed by atoms with van der Waals surface area (Å²) in [5.74, 6) is 6.24. The van der Waals surface area contributed by atoms with E-state index in [4.69, 9.17) is 5.84 Å². The number of nitrogens with two attached hydrogens (primary N) is 1. The fourth-order valence-electron chi connectivity index (χ4n) is 1.97. The maximum Gasteiger partial charge on any atom is 0.176 e. The smallest absolute Gasteiger partial charge is 0.176 e. The lowest BCUT2D eigenvalue weighted by molar-refractivity contribution is 0.539. The van der Waals surface area contributed by atoms with E-state index >= 15 is 0 Å². The zero-order chi connectivity index (χ0) is 13.2. The Morgan fingerprint density at radius 1 is 1.42 bits per heavy atom. The molecular weight excluding hydrogens is 246 g/mol. The lowest BCUT2D eigenvalue weighted by Gasteiger charge is -2.12. The Morgan fingerprint density at radius 3 is 3.05 bits per heavy atom. The minimum atomic E-state index is -0.147. The number of fused-ring (bicyclic) bond motifs is 1. The van der Waals surface area contributed by atoms with E-state index in [0.717, 1.165) is 11.1 Å². The van der Waals surface area contributed by atoms with E-state index in [1.807, 2.05) is 0 Å². The predicted molar refractivity (Wildman–Crippen MR) is 65.6 cm³/mol. The van der Waals surface area contributed by atoms with Crippen molar-refractivity contribution < 1.29 is 0 Å². The highest BCUT2D eigenvalue weighted by molar-refractivity contribution is 5.53. The molecule has 3 heterocycles. The number of aromatic nitrogens is 7. The molecule has 3 aromatic heterocycles. The van der Waals surface area contributed by atoms with Gasteiger partial charge in [0.25, 0.3) is 0 Å². The van der Waals surface area contributed by atoms with E-state index in [1.165, 1.54) is 4.80 Å². The number of aryl methyl sites for hydroxylation is 1. The molecular formula is C10H13N9. The van der Waals surface area contributed by atoms with Crippen LogP contribution >= 0.6 is 0 Å². The summed E-state index contributed by atoms with van der Waals surface area (Å²) in [6.45, 7) is 0. The Hall–Kier alpha value is -2.39. The number of tetrazole rings is 1. The Bertz CT molecular complexity index is 685. The molecule has 9 heteroatoms. The van der Waals surface area contributed by atoms with Gasteiger partial charge in [-0.25, -0.2) is 4.52 Å². The van der Waals surface area contributed by atoms with E-state index in [9.17, 15) is 0 Å². The highest BCUT2D eigenvalue weighted by Gasteiger charge is 2.18. The maximum atomic E-state index is 5.62. The van der Waals surface area contributed by atoms with Crippen LogP contribution in [0.3, 0.4) is 0 Å². The van der Waals surface area contributed by atoms with Crippen molar-refractivity contribution in [3.8, 4) is 0 Å². The van der Waals surface area contributed by atoms with Gasteiger partial charge >= 0.3 is 0 Å². The number of hydrogen-bond acceptors (Lipinski definition) is 7. The number of nitrogens with one attached hydrogen (secondary N) is 1. The van der Waals surface area contributed by atoms with Gasteiger partial charge in [0.15, 0.2) is 5.82 Å². The first-order valence-electron chi connectivity index (χ1n) is 5.74. The first-order valence-corrected chi connectivity index (χ1v) is 5.74. The summed E-state index contributed by atoms with van der Waals surface area (Å²) in [7, 11) is 1.72. The van der Waals surface area contributed by atoms with Crippen LogP contribution in [0.1, 0.15) is 17.4 Å². The third kappa shape index (κ3) is 2.16. The fourth-order valence-corrected chi connectivity index (χ4v) is 1.97. The van der Waals surface area contributed by atoms with Crippen molar-refractivity contribution in [2.24, 2.45) is 12.9 Å². The third-order valence-corrected chi connectivity index (χ3v) is 2.87. The van der Waals surface area contributed by atoms with Crippen molar-refractivity contribution >= 4 is 5.52 Å². The number of hydrazine groups is 1. The molecule has 0 spiro atoms. The number of nitrogens with zero attached hydrogens (tertiary/aromatic N) is 7. The average Bonchev–Trinajstić information content (AvgIpc) is 3.02. The second kappa shape index (κ2) is 4.71. The second-order valence-corrected chi connectivity index (χ2v) is 4.12. The summed E-state index contributed by atoms with van der Waals surface area (Å²) in [4.78, 5) is 5.51. The minimum Gasteiger partial charge on any atom is -0.271 e. The van der Waals surface area contributed by atoms with Crippen LogP contribution in [0, 0.1) is 0 Å². The van der Waals surface area contributed by atoms with E-state index < -0.39 is 0 Å². The number of hydrogen-bond donors (Lipinski definition) is 2. The molecule has 3 aromatic rings. The van der Waals surface area contributed by atoms with Gasteiger partial charge in [0.05, 0.1) is 31.0 Å². The van der Waals surface area contributed by atoms with Crippen molar-refractivity contribution in [1.82, 2.24) is 40.2 Å². The Morgan fingerprint density at radius 2 is 2.32 bits per heavy atom. The molecule has 0 fully saturated rings. The molecule has 9 nitrogen and oxygen atoms in total. The van der Waals surface area contributed by atoms with Crippen molar-refractivity contribution in [2.75, 3.05) is 0 Å². The largest absolute Gasteiger partial charge is 0.271 e. The fraction of sp³-hybridized carbons (Fsp3) is 0.300. The average molecular weight is 259 g/mol. The van der Waals surface area contributed by atoms with Gasteiger partial charge in [-0.1, -0.05) is 0 Å². The molecule has 3 N–H and O–H groups in total. The van der Waals surface area contributed by atoms with Crippen LogP contribution in [0.25, 0.3) is 5.52 Å². The Kier molecular flexibility index (Phi) is 2.89. The molecule has 0 saturated carbocycles. The van der Waals surface area contributed by atoms with E-state index in [2.05, 4.69) is 30.9 Å². The summed E-state index contributed by atoms with van der Waals surface area (Å²) >= 11 is 0.